The first kappa shape index (κ1) is 17.2. The third kappa shape index (κ3) is 4.48. The van der Waals surface area contributed by atoms with Crippen LogP contribution in [0.4, 0.5) is 4.79 Å². The third-order valence-corrected chi connectivity index (χ3v) is 3.97. The number of likely N-dealkylation sites (N-methyl/N-ethyl adjacent to an activating group) is 1. The summed E-state index contributed by atoms with van der Waals surface area (Å²) in [5.74, 6) is 1.84. The van der Waals surface area contributed by atoms with Crippen molar-refractivity contribution in [3.8, 4) is 5.75 Å². The van der Waals surface area contributed by atoms with E-state index in [9.17, 15) is 4.79 Å². The van der Waals surface area contributed by atoms with Crippen LogP contribution in [0.1, 0.15) is 17.3 Å². The summed E-state index contributed by atoms with van der Waals surface area (Å²) < 4.78 is 15.9. The normalized spacial score (nSPS) is 15.5. The molecule has 0 aliphatic carbocycles. The smallest absolute Gasteiger partial charge is 0.317 e. The molecule has 8 heteroatoms. The van der Waals surface area contributed by atoms with Gasteiger partial charge < -0.3 is 24.2 Å². The largest absolute Gasteiger partial charge is 0.488 e. The molecule has 1 aliphatic rings. The Morgan fingerprint density at radius 1 is 1.44 bits per heavy atom. The van der Waals surface area contributed by atoms with E-state index in [1.165, 1.54) is 5.56 Å². The summed E-state index contributed by atoms with van der Waals surface area (Å²) in [6, 6.07) is 7.73. The molecule has 25 heavy (non-hydrogen) atoms. The Morgan fingerprint density at radius 3 is 3.08 bits per heavy atom. The number of aromatic nitrogens is 2. The average Bonchev–Trinajstić information content (AvgIpc) is 3.23. The lowest BCUT2D eigenvalue weighted by molar-refractivity contribution is 0.163. The Hall–Kier alpha value is -2.61. The first-order chi connectivity index (χ1) is 12.2. The van der Waals surface area contributed by atoms with Crippen LogP contribution in [0.25, 0.3) is 0 Å². The number of nitrogens with one attached hydrogen (secondary N) is 1. The summed E-state index contributed by atoms with van der Waals surface area (Å²) in [6.45, 7) is 1.22. The van der Waals surface area contributed by atoms with Gasteiger partial charge in [0.15, 0.2) is 5.82 Å². The maximum atomic E-state index is 12.2. The summed E-state index contributed by atoms with van der Waals surface area (Å²) in [6.07, 6.45) is 1.35. The van der Waals surface area contributed by atoms with Crippen molar-refractivity contribution in [2.24, 2.45) is 0 Å². The van der Waals surface area contributed by atoms with Gasteiger partial charge in [0.05, 0.1) is 19.7 Å². The van der Waals surface area contributed by atoms with Crippen LogP contribution in [-0.4, -0.2) is 54.5 Å². The molecule has 2 heterocycles. The number of carbonyl (C=O) groups excluding carboxylic acids is 1. The van der Waals surface area contributed by atoms with E-state index < -0.39 is 0 Å². The summed E-state index contributed by atoms with van der Waals surface area (Å²) >= 11 is 0. The highest BCUT2D eigenvalue weighted by atomic mass is 16.5. The first-order valence-electron chi connectivity index (χ1n) is 8.19. The van der Waals surface area contributed by atoms with E-state index in [4.69, 9.17) is 14.0 Å². The van der Waals surface area contributed by atoms with Gasteiger partial charge in [-0.05, 0) is 11.6 Å². The lowest BCUT2D eigenvalue weighted by Crippen LogP contribution is -2.42. The second-order valence-electron chi connectivity index (χ2n) is 5.94. The Morgan fingerprint density at radius 2 is 2.28 bits per heavy atom. The molecule has 2 aromatic rings. The van der Waals surface area contributed by atoms with E-state index in [0.29, 0.717) is 31.3 Å². The van der Waals surface area contributed by atoms with Gasteiger partial charge >= 0.3 is 6.03 Å². The second-order valence-corrected chi connectivity index (χ2v) is 5.94. The van der Waals surface area contributed by atoms with Crippen LogP contribution in [0.5, 0.6) is 5.75 Å². The van der Waals surface area contributed by atoms with Crippen molar-refractivity contribution in [1.82, 2.24) is 20.4 Å². The minimum absolute atomic E-state index is 0.0304. The highest BCUT2D eigenvalue weighted by molar-refractivity contribution is 5.73. The first-order valence-corrected chi connectivity index (χ1v) is 8.19. The van der Waals surface area contributed by atoms with Crippen LogP contribution in [-0.2, 0) is 24.1 Å². The van der Waals surface area contributed by atoms with Crippen molar-refractivity contribution in [1.29, 1.82) is 0 Å². The molecule has 1 aromatic heterocycles. The van der Waals surface area contributed by atoms with Gasteiger partial charge in [0, 0.05) is 27.0 Å². The van der Waals surface area contributed by atoms with Gasteiger partial charge in [-0.1, -0.05) is 23.4 Å². The van der Waals surface area contributed by atoms with E-state index in [1.54, 1.807) is 19.1 Å². The highest BCUT2D eigenvalue weighted by Gasteiger charge is 2.25. The third-order valence-electron chi connectivity index (χ3n) is 3.97. The standard InChI is InChI=1S/C17H22N4O4/c1-21(11-13-9-12-5-3-4-6-14(12)24-13)17(22)18-10-16-19-15(20-25-16)7-8-23-2/h3-6,13H,7-11H2,1-2H3,(H,18,22). The molecule has 1 aromatic carbocycles. The van der Waals surface area contributed by atoms with Gasteiger partial charge in [-0.2, -0.15) is 4.98 Å². The van der Waals surface area contributed by atoms with Gasteiger partial charge in [-0.3, -0.25) is 0 Å². The Bertz CT molecular complexity index is 693. The molecule has 0 radical (unpaired) electrons. The molecular formula is C17H22N4O4. The van der Waals surface area contributed by atoms with Crippen LogP contribution in [0.15, 0.2) is 28.8 Å². The molecule has 1 unspecified atom stereocenters. The average molecular weight is 346 g/mol. The predicted molar refractivity (Wildman–Crippen MR) is 89.3 cm³/mol. The number of nitrogens with zero attached hydrogens (tertiary/aromatic N) is 3. The van der Waals surface area contributed by atoms with Crippen molar-refractivity contribution in [2.75, 3.05) is 27.3 Å². The number of hydrogen-bond acceptors (Lipinski definition) is 6. The summed E-state index contributed by atoms with van der Waals surface area (Å²) in [5, 5.41) is 6.60. The van der Waals surface area contributed by atoms with Crippen LogP contribution >= 0.6 is 0 Å². The number of fused-ring (bicyclic) bond motifs is 1. The second kappa shape index (κ2) is 7.98. The van der Waals surface area contributed by atoms with Crippen LogP contribution in [0, 0.1) is 0 Å². The number of benzene rings is 1. The highest BCUT2D eigenvalue weighted by Crippen LogP contribution is 2.28. The molecule has 0 spiro atoms. The zero-order valence-electron chi connectivity index (χ0n) is 14.4. The van der Waals surface area contributed by atoms with Gasteiger partial charge in [0.2, 0.25) is 5.89 Å². The SMILES string of the molecule is COCCc1noc(CNC(=O)N(C)CC2Cc3ccccc3O2)n1. The van der Waals surface area contributed by atoms with E-state index in [1.807, 2.05) is 24.3 Å². The quantitative estimate of drug-likeness (QED) is 0.815. The number of para-hydroxylation sites is 1. The van der Waals surface area contributed by atoms with Crippen molar-refractivity contribution in [3.05, 3.63) is 41.5 Å². The Labute approximate surface area is 146 Å². The van der Waals surface area contributed by atoms with Gasteiger partial charge in [0.25, 0.3) is 0 Å². The molecule has 3 rings (SSSR count). The fourth-order valence-electron chi connectivity index (χ4n) is 2.69. The number of amides is 2. The molecule has 8 nitrogen and oxygen atoms in total. The van der Waals surface area contributed by atoms with Crippen molar-refractivity contribution < 1.29 is 18.8 Å². The predicted octanol–water partition coefficient (Wildman–Crippen LogP) is 1.40. The minimum atomic E-state index is -0.212. The Balaban J connectivity index is 1.43. The maximum absolute atomic E-state index is 12.2. The fraction of sp³-hybridized carbons (Fsp3) is 0.471. The van der Waals surface area contributed by atoms with E-state index in [-0.39, 0.29) is 18.7 Å². The van der Waals surface area contributed by atoms with Gasteiger partial charge in [-0.15, -0.1) is 0 Å². The fourth-order valence-corrected chi connectivity index (χ4v) is 2.69. The molecule has 2 amide bonds. The van der Waals surface area contributed by atoms with Crippen LogP contribution in [0.2, 0.25) is 0 Å². The number of hydrogen-bond donors (Lipinski definition) is 1. The number of rotatable bonds is 7. The molecule has 1 N–H and O–H groups in total. The molecule has 1 atom stereocenters. The number of carbonyl (C=O) groups is 1. The van der Waals surface area contributed by atoms with Crippen LogP contribution < -0.4 is 10.1 Å². The Kier molecular flexibility index (Phi) is 5.49. The summed E-state index contributed by atoms with van der Waals surface area (Å²) in [5.41, 5.74) is 1.18. The topological polar surface area (TPSA) is 89.7 Å². The van der Waals surface area contributed by atoms with Gasteiger partial charge in [-0.25, -0.2) is 4.79 Å². The van der Waals surface area contributed by atoms with Crippen molar-refractivity contribution in [3.63, 3.8) is 0 Å². The summed E-state index contributed by atoms with van der Waals surface area (Å²) in [4.78, 5) is 18.0. The number of urea groups is 1. The molecule has 0 saturated carbocycles. The van der Waals surface area contributed by atoms with E-state index in [0.717, 1.165) is 12.2 Å². The molecular weight excluding hydrogens is 324 g/mol. The molecule has 134 valence electrons. The summed E-state index contributed by atoms with van der Waals surface area (Å²) in [7, 11) is 3.35. The minimum Gasteiger partial charge on any atom is -0.488 e. The maximum Gasteiger partial charge on any atom is 0.317 e. The van der Waals surface area contributed by atoms with Crippen LogP contribution in [0.3, 0.4) is 0 Å². The lowest BCUT2D eigenvalue weighted by atomic mass is 10.1. The van der Waals surface area contributed by atoms with Crippen molar-refractivity contribution in [2.45, 2.75) is 25.5 Å². The molecule has 0 bridgehead atoms. The molecule has 0 fully saturated rings. The lowest BCUT2D eigenvalue weighted by Gasteiger charge is -2.21. The number of ether oxygens (including phenoxy) is 2. The van der Waals surface area contributed by atoms with Crippen molar-refractivity contribution >= 4 is 6.03 Å². The monoisotopic (exact) mass is 346 g/mol. The van der Waals surface area contributed by atoms with Gasteiger partial charge in [0.1, 0.15) is 11.9 Å². The van der Waals surface area contributed by atoms with E-state index >= 15 is 0 Å². The van der Waals surface area contributed by atoms with E-state index in [2.05, 4.69) is 15.5 Å². The zero-order chi connectivity index (χ0) is 17.6. The zero-order valence-corrected chi connectivity index (χ0v) is 14.4. The molecule has 1 aliphatic heterocycles. The molecule has 0 saturated heterocycles. The number of methoxy groups -OCH3 is 1.